The molecule has 0 bridgehead atoms. The highest BCUT2D eigenvalue weighted by atomic mass is 32.2. The number of aromatic nitrogens is 2. The first-order chi connectivity index (χ1) is 15.0. The van der Waals surface area contributed by atoms with Crippen LogP contribution in [0, 0.1) is 5.92 Å². The molecule has 2 aliphatic carbocycles. The van der Waals surface area contributed by atoms with Gasteiger partial charge in [0.1, 0.15) is 0 Å². The van der Waals surface area contributed by atoms with E-state index in [9.17, 15) is 13.2 Å². The lowest BCUT2D eigenvalue weighted by molar-refractivity contribution is -0.133. The van der Waals surface area contributed by atoms with E-state index in [-0.39, 0.29) is 34.9 Å². The van der Waals surface area contributed by atoms with Crippen molar-refractivity contribution in [2.24, 2.45) is 5.92 Å². The van der Waals surface area contributed by atoms with Crippen molar-refractivity contribution in [1.29, 1.82) is 0 Å². The Morgan fingerprint density at radius 1 is 1.13 bits per heavy atom. The fraction of sp³-hybridized carbons (Fsp3) is 0.565. The van der Waals surface area contributed by atoms with Gasteiger partial charge in [0, 0.05) is 18.6 Å². The molecule has 3 aliphatic rings. The molecule has 1 amide bonds. The molecule has 1 aromatic heterocycles. The van der Waals surface area contributed by atoms with E-state index < -0.39 is 9.84 Å². The number of benzene rings is 1. The minimum absolute atomic E-state index is 0.0212. The smallest absolute Gasteiger partial charge is 0.228 e. The number of hydrogen-bond donors (Lipinski definition) is 0. The second-order valence-corrected chi connectivity index (χ2v) is 10.9. The molecule has 0 N–H and O–H groups in total. The van der Waals surface area contributed by atoms with Crippen molar-refractivity contribution >= 4 is 15.7 Å². The number of rotatable bonds is 9. The molecule has 1 aromatic carbocycles. The molecule has 2 heterocycles. The van der Waals surface area contributed by atoms with E-state index in [1.165, 1.54) is 0 Å². The molecule has 3 fully saturated rings. The molecular weight excluding hydrogens is 414 g/mol. The van der Waals surface area contributed by atoms with E-state index >= 15 is 0 Å². The van der Waals surface area contributed by atoms with Gasteiger partial charge in [-0.05, 0) is 44.1 Å². The van der Waals surface area contributed by atoms with Gasteiger partial charge in [0.15, 0.2) is 0 Å². The highest BCUT2D eigenvalue weighted by molar-refractivity contribution is 7.90. The molecule has 7 nitrogen and oxygen atoms in total. The lowest BCUT2D eigenvalue weighted by atomic mass is 10.2. The van der Waals surface area contributed by atoms with Crippen LogP contribution in [0.25, 0.3) is 0 Å². The Morgan fingerprint density at radius 3 is 2.55 bits per heavy atom. The quantitative estimate of drug-likeness (QED) is 0.595. The number of nitrogens with zero attached hydrogens (tertiary/aromatic N) is 3. The Balaban J connectivity index is 1.45. The number of ether oxygens (including phenoxy) is 1. The van der Waals surface area contributed by atoms with Gasteiger partial charge < -0.3 is 14.2 Å². The van der Waals surface area contributed by atoms with Gasteiger partial charge in [-0.2, -0.15) is 0 Å². The third-order valence-electron chi connectivity index (χ3n) is 6.32. The summed E-state index contributed by atoms with van der Waals surface area (Å²) in [7, 11) is -3.64. The van der Waals surface area contributed by atoms with Crippen LogP contribution in [0.3, 0.4) is 0 Å². The maximum atomic E-state index is 13.3. The summed E-state index contributed by atoms with van der Waals surface area (Å²) in [5, 5.41) is 0.0801. The first-order valence-electron chi connectivity index (χ1n) is 11.2. The van der Waals surface area contributed by atoms with Crippen LogP contribution in [-0.4, -0.2) is 47.5 Å². The van der Waals surface area contributed by atoms with Crippen LogP contribution in [0.2, 0.25) is 0 Å². The van der Waals surface area contributed by atoms with Crippen LogP contribution in [-0.2, 0) is 38.2 Å². The van der Waals surface area contributed by atoms with Crippen LogP contribution in [0.5, 0.6) is 0 Å². The molecule has 2 saturated carbocycles. The molecule has 31 heavy (non-hydrogen) atoms. The van der Waals surface area contributed by atoms with E-state index in [0.29, 0.717) is 19.7 Å². The fourth-order valence-corrected chi connectivity index (χ4v) is 5.83. The molecule has 8 heteroatoms. The molecule has 166 valence electrons. The summed E-state index contributed by atoms with van der Waals surface area (Å²) in [4.78, 5) is 19.2. The maximum Gasteiger partial charge on any atom is 0.228 e. The van der Waals surface area contributed by atoms with E-state index in [2.05, 4.69) is 4.98 Å². The second kappa shape index (κ2) is 8.39. The Bertz CT molecular complexity index is 1040. The first-order valence-corrected chi connectivity index (χ1v) is 12.9. The van der Waals surface area contributed by atoms with Crippen LogP contribution >= 0.6 is 0 Å². The lowest BCUT2D eigenvalue weighted by Crippen LogP contribution is -2.35. The summed E-state index contributed by atoms with van der Waals surface area (Å²) in [6.07, 6.45) is 7.49. The van der Waals surface area contributed by atoms with Crippen molar-refractivity contribution in [3.63, 3.8) is 0 Å². The van der Waals surface area contributed by atoms with Crippen molar-refractivity contribution in [3.05, 3.63) is 47.8 Å². The van der Waals surface area contributed by atoms with Gasteiger partial charge >= 0.3 is 0 Å². The Morgan fingerprint density at radius 2 is 1.90 bits per heavy atom. The normalized spacial score (nSPS) is 21.4. The minimum atomic E-state index is -3.64. The summed E-state index contributed by atoms with van der Waals surface area (Å²) in [6, 6.07) is 9.46. The molecule has 2 aromatic rings. The van der Waals surface area contributed by atoms with Gasteiger partial charge in [0.05, 0.1) is 36.8 Å². The van der Waals surface area contributed by atoms with Crippen LogP contribution in [0.15, 0.2) is 41.7 Å². The predicted molar refractivity (Wildman–Crippen MR) is 115 cm³/mol. The molecule has 0 spiro atoms. The zero-order valence-electron chi connectivity index (χ0n) is 17.7. The van der Waals surface area contributed by atoms with Crippen LogP contribution in [0.4, 0.5) is 0 Å². The highest BCUT2D eigenvalue weighted by Crippen LogP contribution is 2.37. The zero-order chi connectivity index (χ0) is 21.4. The standard InChI is InChI=1S/C23H29N3O4S/c27-22(18-8-9-18)25(19-10-11-19)14-20-13-24-23(26(20)15-21-7-4-12-30-21)31(28,29)16-17-5-2-1-3-6-17/h1-3,5-6,13,18-19,21H,4,7-12,14-16H2. The first kappa shape index (κ1) is 20.7. The molecule has 1 unspecified atom stereocenters. The number of imidazole rings is 1. The van der Waals surface area contributed by atoms with Gasteiger partial charge in [-0.25, -0.2) is 13.4 Å². The Kier molecular flexibility index (Phi) is 5.60. The summed E-state index contributed by atoms with van der Waals surface area (Å²) in [5.74, 6) is 0.265. The van der Waals surface area contributed by atoms with E-state index in [0.717, 1.165) is 49.8 Å². The molecule has 1 saturated heterocycles. The molecule has 1 atom stereocenters. The Hall–Kier alpha value is -2.19. The number of carbonyl (C=O) groups excluding carboxylic acids is 1. The van der Waals surface area contributed by atoms with E-state index in [1.807, 2.05) is 35.2 Å². The SMILES string of the molecule is O=C(C1CC1)N(Cc1cnc(S(=O)(=O)Cc2ccccc2)n1CC1CCCO1)C1CC1. The third-order valence-corrected chi connectivity index (χ3v) is 7.91. The third kappa shape index (κ3) is 4.70. The monoisotopic (exact) mass is 443 g/mol. The largest absolute Gasteiger partial charge is 0.376 e. The van der Waals surface area contributed by atoms with Crippen LogP contribution < -0.4 is 0 Å². The maximum absolute atomic E-state index is 13.3. The molecule has 5 rings (SSSR count). The zero-order valence-corrected chi connectivity index (χ0v) is 18.5. The molecular formula is C23H29N3O4S. The number of hydrogen-bond acceptors (Lipinski definition) is 5. The van der Waals surface area contributed by atoms with Gasteiger partial charge in [0.25, 0.3) is 0 Å². The van der Waals surface area contributed by atoms with Crippen molar-refractivity contribution in [2.45, 2.75) is 74.7 Å². The highest BCUT2D eigenvalue weighted by Gasteiger charge is 2.40. The van der Waals surface area contributed by atoms with Gasteiger partial charge in [-0.3, -0.25) is 4.79 Å². The Labute approximate surface area is 183 Å². The summed E-state index contributed by atoms with van der Waals surface area (Å²) < 4.78 is 34.2. The molecule has 0 radical (unpaired) electrons. The fourth-order valence-electron chi connectivity index (χ4n) is 4.32. The average Bonchev–Trinajstić information content (AvgIpc) is 3.68. The van der Waals surface area contributed by atoms with Crippen LogP contribution in [0.1, 0.15) is 49.8 Å². The number of carbonyl (C=O) groups is 1. The van der Waals surface area contributed by atoms with Crippen molar-refractivity contribution < 1.29 is 17.9 Å². The van der Waals surface area contributed by atoms with Crippen molar-refractivity contribution in [2.75, 3.05) is 6.61 Å². The van der Waals surface area contributed by atoms with Gasteiger partial charge in [-0.1, -0.05) is 30.3 Å². The number of amides is 1. The van der Waals surface area contributed by atoms with E-state index in [4.69, 9.17) is 4.74 Å². The minimum Gasteiger partial charge on any atom is -0.376 e. The van der Waals surface area contributed by atoms with Gasteiger partial charge in [0.2, 0.25) is 20.9 Å². The van der Waals surface area contributed by atoms with Crippen molar-refractivity contribution in [3.8, 4) is 0 Å². The van der Waals surface area contributed by atoms with Crippen molar-refractivity contribution in [1.82, 2.24) is 14.5 Å². The molecule has 1 aliphatic heterocycles. The summed E-state index contributed by atoms with van der Waals surface area (Å²) in [5.41, 5.74) is 1.52. The summed E-state index contributed by atoms with van der Waals surface area (Å²) >= 11 is 0. The van der Waals surface area contributed by atoms with E-state index in [1.54, 1.807) is 10.8 Å². The topological polar surface area (TPSA) is 81.5 Å². The van der Waals surface area contributed by atoms with Gasteiger partial charge in [-0.15, -0.1) is 0 Å². The summed E-state index contributed by atoms with van der Waals surface area (Å²) in [6.45, 7) is 1.57. The lowest BCUT2D eigenvalue weighted by Gasteiger charge is -2.24. The predicted octanol–water partition coefficient (Wildman–Crippen LogP) is 2.94. The second-order valence-electron chi connectivity index (χ2n) is 8.99. The number of sulfone groups is 1. The average molecular weight is 444 g/mol.